The van der Waals surface area contributed by atoms with Crippen molar-refractivity contribution >= 4 is 28.6 Å². The molecule has 3 aromatic carbocycles. The molecule has 0 spiro atoms. The molecule has 0 radical (unpaired) electrons. The summed E-state index contributed by atoms with van der Waals surface area (Å²) in [5.74, 6) is -0.204. The Bertz CT molecular complexity index is 1470. The molecule has 0 atom stereocenters. The van der Waals surface area contributed by atoms with Crippen LogP contribution in [0.1, 0.15) is 47.1 Å². The van der Waals surface area contributed by atoms with Crippen LogP contribution in [0.25, 0.3) is 27.8 Å². The van der Waals surface area contributed by atoms with Crippen molar-refractivity contribution in [1.29, 1.82) is 0 Å². The predicted molar refractivity (Wildman–Crippen MR) is 131 cm³/mol. The second-order valence-electron chi connectivity index (χ2n) is 8.32. The van der Waals surface area contributed by atoms with Crippen LogP contribution >= 0.6 is 0 Å². The van der Waals surface area contributed by atoms with Gasteiger partial charge in [0.05, 0.1) is 28.0 Å². The highest BCUT2D eigenvalue weighted by molar-refractivity contribution is 6.06. The number of benzene rings is 3. The molecule has 0 saturated heterocycles. The van der Waals surface area contributed by atoms with Crippen molar-refractivity contribution in [2.75, 3.05) is 0 Å². The van der Waals surface area contributed by atoms with Gasteiger partial charge in [0.15, 0.2) is 0 Å². The van der Waals surface area contributed by atoms with E-state index in [1.165, 1.54) is 0 Å². The zero-order valence-electron chi connectivity index (χ0n) is 19.0. The predicted octanol–water partition coefficient (Wildman–Crippen LogP) is 4.88. The molecule has 7 heteroatoms. The van der Waals surface area contributed by atoms with Crippen LogP contribution in [0.5, 0.6) is 0 Å². The van der Waals surface area contributed by atoms with Gasteiger partial charge in [0.2, 0.25) is 5.91 Å². The number of carboxylic acid groups (broad SMARTS) is 1. The summed E-state index contributed by atoms with van der Waals surface area (Å²) < 4.78 is 2.04. The van der Waals surface area contributed by atoms with E-state index in [9.17, 15) is 14.7 Å². The lowest BCUT2D eigenvalue weighted by molar-refractivity contribution is -0.121. The van der Waals surface area contributed by atoms with E-state index in [1.54, 1.807) is 0 Å². The fraction of sp³-hybridized carbons (Fsp3) is 0.185. The summed E-state index contributed by atoms with van der Waals surface area (Å²) in [4.78, 5) is 28.7. The largest absolute Gasteiger partial charge is 0.478 e. The third kappa shape index (κ3) is 3.65. The molecular weight excluding hydrogens is 428 g/mol. The zero-order chi connectivity index (χ0) is 23.8. The molecule has 0 saturated carbocycles. The van der Waals surface area contributed by atoms with E-state index in [1.807, 2.05) is 79.1 Å². The van der Waals surface area contributed by atoms with Crippen molar-refractivity contribution in [1.82, 2.24) is 15.0 Å². The molecule has 4 aromatic rings. The van der Waals surface area contributed by atoms with Gasteiger partial charge in [0.25, 0.3) is 0 Å². The number of rotatable bonds is 5. The van der Waals surface area contributed by atoms with Crippen LogP contribution in [0.2, 0.25) is 0 Å². The fourth-order valence-corrected chi connectivity index (χ4v) is 4.57. The molecule has 1 amide bonds. The number of aromatic nitrogens is 2. The van der Waals surface area contributed by atoms with Crippen molar-refractivity contribution in [2.45, 2.75) is 33.1 Å². The molecule has 5 rings (SSSR count). The Labute approximate surface area is 196 Å². The standard InChI is InChI=1S/C27H24N4O3/c1-3-24-28-21-11-9-18(20-12-14-25(32)30-29-20)15-23(21)31(24)22-13-10-19(17-7-5-4-6-8-17)26(16(22)2)27(33)34/h4-11,13,15H,3,12,14H2,1-2H3,(H,30,32)(H,33,34). The number of imidazole rings is 1. The summed E-state index contributed by atoms with van der Waals surface area (Å²) in [6.07, 6.45) is 1.65. The molecule has 1 aromatic heterocycles. The first-order valence-corrected chi connectivity index (χ1v) is 11.3. The maximum Gasteiger partial charge on any atom is 0.336 e. The molecule has 1 aliphatic rings. The number of hydrogen-bond donors (Lipinski definition) is 2. The number of carboxylic acids is 1. The molecule has 2 N–H and O–H groups in total. The lowest BCUT2D eigenvalue weighted by Crippen LogP contribution is -2.25. The quantitative estimate of drug-likeness (QED) is 0.451. The van der Waals surface area contributed by atoms with Crippen LogP contribution in [0, 0.1) is 6.92 Å². The number of carbonyl (C=O) groups is 2. The van der Waals surface area contributed by atoms with Gasteiger partial charge < -0.3 is 5.11 Å². The average molecular weight is 453 g/mol. The van der Waals surface area contributed by atoms with E-state index >= 15 is 0 Å². The Kier molecular flexibility index (Phi) is 5.45. The van der Waals surface area contributed by atoms with Crippen LogP contribution in [-0.2, 0) is 11.2 Å². The Morgan fingerprint density at radius 1 is 1.06 bits per heavy atom. The van der Waals surface area contributed by atoms with Crippen molar-refractivity contribution in [3.8, 4) is 16.8 Å². The lowest BCUT2D eigenvalue weighted by Gasteiger charge is -2.17. The van der Waals surface area contributed by atoms with E-state index in [0.717, 1.165) is 39.4 Å². The minimum absolute atomic E-state index is 0.0848. The first-order chi connectivity index (χ1) is 16.5. The molecule has 7 nitrogen and oxygen atoms in total. The van der Waals surface area contributed by atoms with E-state index in [2.05, 4.69) is 10.5 Å². The molecule has 0 unspecified atom stereocenters. The summed E-state index contributed by atoms with van der Waals surface area (Å²) in [5, 5.41) is 14.4. The van der Waals surface area contributed by atoms with Crippen molar-refractivity contribution in [2.24, 2.45) is 5.10 Å². The second kappa shape index (κ2) is 8.59. The number of hydrazone groups is 1. The van der Waals surface area contributed by atoms with Gasteiger partial charge in [0.1, 0.15) is 5.82 Å². The minimum Gasteiger partial charge on any atom is -0.478 e. The molecule has 34 heavy (non-hydrogen) atoms. The third-order valence-corrected chi connectivity index (χ3v) is 6.25. The first kappa shape index (κ1) is 21.6. The molecule has 2 heterocycles. The monoisotopic (exact) mass is 452 g/mol. The van der Waals surface area contributed by atoms with Crippen LogP contribution in [0.15, 0.2) is 65.8 Å². The second-order valence-corrected chi connectivity index (χ2v) is 8.32. The highest BCUT2D eigenvalue weighted by Crippen LogP contribution is 2.33. The van der Waals surface area contributed by atoms with Crippen molar-refractivity contribution in [3.05, 3.63) is 83.2 Å². The molecule has 0 aliphatic carbocycles. The summed E-state index contributed by atoms with van der Waals surface area (Å²) in [7, 11) is 0. The van der Waals surface area contributed by atoms with Crippen molar-refractivity contribution < 1.29 is 14.7 Å². The third-order valence-electron chi connectivity index (χ3n) is 6.25. The van der Waals surface area contributed by atoms with E-state index in [4.69, 9.17) is 4.98 Å². The highest BCUT2D eigenvalue weighted by atomic mass is 16.4. The highest BCUT2D eigenvalue weighted by Gasteiger charge is 2.22. The van der Waals surface area contributed by atoms with Gasteiger partial charge in [-0.05, 0) is 47.4 Å². The van der Waals surface area contributed by atoms with Gasteiger partial charge in [0, 0.05) is 19.3 Å². The number of amides is 1. The molecular formula is C27H24N4O3. The number of nitrogens with zero attached hydrogens (tertiary/aromatic N) is 3. The minimum atomic E-state index is -0.964. The Hall–Kier alpha value is -4.26. The van der Waals surface area contributed by atoms with Crippen LogP contribution in [0.4, 0.5) is 0 Å². The van der Waals surface area contributed by atoms with Gasteiger partial charge in [-0.1, -0.05) is 49.4 Å². The number of carbonyl (C=O) groups excluding carboxylic acids is 1. The smallest absolute Gasteiger partial charge is 0.336 e. The van der Waals surface area contributed by atoms with Crippen molar-refractivity contribution in [3.63, 3.8) is 0 Å². The SMILES string of the molecule is CCc1nc2ccc(C3=NNC(=O)CC3)cc2n1-c1ccc(-c2ccccc2)c(C(=O)O)c1C. The van der Waals surface area contributed by atoms with Gasteiger partial charge >= 0.3 is 5.97 Å². The van der Waals surface area contributed by atoms with Crippen LogP contribution in [0.3, 0.4) is 0 Å². The van der Waals surface area contributed by atoms with Gasteiger partial charge in [-0.3, -0.25) is 9.36 Å². The van der Waals surface area contributed by atoms with Gasteiger partial charge in [-0.25, -0.2) is 15.2 Å². The Morgan fingerprint density at radius 2 is 1.85 bits per heavy atom. The summed E-state index contributed by atoms with van der Waals surface area (Å²) in [5.41, 5.74) is 9.27. The number of aryl methyl sites for hydroxylation is 1. The lowest BCUT2D eigenvalue weighted by atomic mass is 9.94. The zero-order valence-corrected chi connectivity index (χ0v) is 19.0. The maximum atomic E-state index is 12.4. The van der Waals surface area contributed by atoms with E-state index in [-0.39, 0.29) is 11.5 Å². The molecule has 0 bridgehead atoms. The normalized spacial score (nSPS) is 13.6. The Morgan fingerprint density at radius 3 is 2.53 bits per heavy atom. The molecule has 1 aliphatic heterocycles. The molecule has 170 valence electrons. The fourth-order valence-electron chi connectivity index (χ4n) is 4.57. The van der Waals surface area contributed by atoms with Gasteiger partial charge in [-0.15, -0.1) is 0 Å². The number of aromatic carboxylic acids is 1. The van der Waals surface area contributed by atoms with Crippen LogP contribution in [-0.4, -0.2) is 32.2 Å². The van der Waals surface area contributed by atoms with Gasteiger partial charge in [-0.2, -0.15) is 5.10 Å². The van der Waals surface area contributed by atoms with E-state index < -0.39 is 5.97 Å². The first-order valence-electron chi connectivity index (χ1n) is 11.3. The Balaban J connectivity index is 1.72. The molecule has 0 fully saturated rings. The van der Waals surface area contributed by atoms with Crippen LogP contribution < -0.4 is 5.43 Å². The maximum absolute atomic E-state index is 12.4. The number of hydrogen-bond acceptors (Lipinski definition) is 4. The summed E-state index contributed by atoms with van der Waals surface area (Å²) >= 11 is 0. The number of fused-ring (bicyclic) bond motifs is 1. The number of nitrogens with one attached hydrogen (secondary N) is 1. The van der Waals surface area contributed by atoms with E-state index in [0.29, 0.717) is 30.4 Å². The summed E-state index contributed by atoms with van der Waals surface area (Å²) in [6.45, 7) is 3.88. The summed E-state index contributed by atoms with van der Waals surface area (Å²) in [6, 6.07) is 19.3. The average Bonchev–Trinajstić information content (AvgIpc) is 3.22. The topological polar surface area (TPSA) is 96.6 Å².